The van der Waals surface area contributed by atoms with Gasteiger partial charge in [0.05, 0.1) is 11.2 Å². The van der Waals surface area contributed by atoms with Gasteiger partial charge in [0, 0.05) is 78.4 Å². The molecular weight excluding hydrogens is 931 g/mol. The smallest absolute Gasteiger partial charge is 0.444 e. The minimum Gasteiger partial charge on any atom is -0.444 e. The van der Waals surface area contributed by atoms with Crippen molar-refractivity contribution in [3.05, 3.63) is 12.1 Å². The minimum absolute atomic E-state index is 0. The molecule has 0 radical (unpaired) electrons. The van der Waals surface area contributed by atoms with E-state index in [1.54, 1.807) is 0 Å². The molecule has 72 heavy (non-hydrogen) atoms. The number of nitrogens with one attached hydrogen (secondary N) is 1. The highest BCUT2D eigenvalue weighted by Gasteiger charge is 2.50. The summed E-state index contributed by atoms with van der Waals surface area (Å²) in [5.41, 5.74) is -0.623. The first-order chi connectivity index (χ1) is 33.0. The van der Waals surface area contributed by atoms with E-state index < -0.39 is 16.8 Å². The molecule has 0 aromatic rings. The monoisotopic (exact) mass is 1030 g/mol. The molecule has 0 bridgehead atoms. The van der Waals surface area contributed by atoms with Gasteiger partial charge in [-0.15, -0.1) is 24.8 Å². The van der Waals surface area contributed by atoms with Gasteiger partial charge in [-0.25, -0.2) is 14.4 Å². The van der Waals surface area contributed by atoms with Crippen LogP contribution in [0.25, 0.3) is 0 Å². The summed E-state index contributed by atoms with van der Waals surface area (Å²) >= 11 is 0. The number of hydrogen-bond acceptors (Lipinski definition) is 11. The van der Waals surface area contributed by atoms with E-state index in [9.17, 15) is 14.4 Å². The predicted octanol–water partition coefficient (Wildman–Crippen LogP) is 10.6. The van der Waals surface area contributed by atoms with Crippen molar-refractivity contribution in [3.8, 4) is 12.3 Å². The lowest BCUT2D eigenvalue weighted by atomic mass is 9.72. The molecule has 0 saturated carbocycles. The van der Waals surface area contributed by atoms with Gasteiger partial charge in [-0.1, -0.05) is 12.1 Å². The number of carbonyl (C=O) groups excluding carboxylic acids is 3. The average Bonchev–Trinajstić information content (AvgIpc) is 3.48. The zero-order valence-electron chi connectivity index (χ0n) is 47.5. The molecule has 412 valence electrons. The van der Waals surface area contributed by atoms with Gasteiger partial charge in [0.15, 0.2) is 0 Å². The third-order valence-corrected chi connectivity index (χ3v) is 16.2. The lowest BCUT2D eigenvalue weighted by Crippen LogP contribution is -2.51. The molecule has 0 atom stereocenters. The van der Waals surface area contributed by atoms with Gasteiger partial charge in [-0.3, -0.25) is 0 Å². The van der Waals surface area contributed by atoms with Crippen LogP contribution >= 0.6 is 12.4 Å². The van der Waals surface area contributed by atoms with Crippen LogP contribution in [-0.2, 0) is 23.5 Å². The topological polar surface area (TPSA) is 126 Å². The Morgan fingerprint density at radius 3 is 1.32 bits per heavy atom. The van der Waals surface area contributed by atoms with E-state index in [0.29, 0.717) is 16.2 Å². The maximum absolute atomic E-state index is 12.4. The van der Waals surface area contributed by atoms with Crippen molar-refractivity contribution in [1.29, 1.82) is 0 Å². The van der Waals surface area contributed by atoms with Gasteiger partial charge < -0.3 is 53.3 Å². The molecule has 7 heterocycles. The van der Waals surface area contributed by atoms with E-state index >= 15 is 0 Å². The van der Waals surface area contributed by atoms with Crippen molar-refractivity contribution in [2.75, 3.05) is 91.6 Å². The highest BCUT2D eigenvalue weighted by Crippen LogP contribution is 2.42. The van der Waals surface area contributed by atoms with Gasteiger partial charge in [-0.05, 0) is 209 Å². The number of likely N-dealkylation sites (tertiary alicyclic amines) is 5. The Hall–Kier alpha value is -2.74. The van der Waals surface area contributed by atoms with E-state index in [2.05, 4.69) is 60.8 Å². The molecule has 0 unspecified atom stereocenters. The summed E-state index contributed by atoms with van der Waals surface area (Å²) < 4.78 is 28.5. The van der Waals surface area contributed by atoms with Crippen LogP contribution in [0.4, 0.5) is 14.4 Å². The normalized spacial score (nSPS) is 24.1. The van der Waals surface area contributed by atoms with Crippen LogP contribution in [-0.4, -0.2) is 170 Å². The third kappa shape index (κ3) is 19.1. The van der Waals surface area contributed by atoms with Crippen LogP contribution in [0, 0.1) is 28.6 Å². The molecule has 0 aromatic heterocycles. The van der Waals surface area contributed by atoms with Crippen LogP contribution in [0.2, 0.25) is 0 Å². The number of hydrogen-bond donors (Lipinski definition) is 1. The second kappa shape index (κ2) is 25.9. The van der Waals surface area contributed by atoms with E-state index in [4.69, 9.17) is 29.9 Å². The maximum Gasteiger partial charge on any atom is 0.486 e. The van der Waals surface area contributed by atoms with E-state index in [1.165, 1.54) is 51.6 Å². The number of nitrogens with zero attached hydrogens (tertiary/aromatic N) is 5. The molecule has 0 aliphatic carbocycles. The Balaban J connectivity index is 0.000000243. The van der Waals surface area contributed by atoms with Gasteiger partial charge in [0.1, 0.15) is 16.8 Å². The summed E-state index contributed by atoms with van der Waals surface area (Å²) in [6, 6.07) is 0. The van der Waals surface area contributed by atoms with Crippen molar-refractivity contribution in [2.24, 2.45) is 16.2 Å². The van der Waals surface area contributed by atoms with Gasteiger partial charge in [0.2, 0.25) is 0 Å². The number of rotatable bonds is 6. The van der Waals surface area contributed by atoms with Crippen molar-refractivity contribution < 1.29 is 37.9 Å². The fraction of sp³-hybridized carbons (Fsp3) is 0.875. The molecule has 0 aromatic carbocycles. The van der Waals surface area contributed by atoms with Crippen LogP contribution < -0.4 is 5.32 Å². The first-order valence-corrected chi connectivity index (χ1v) is 27.6. The zero-order chi connectivity index (χ0) is 52.4. The quantitative estimate of drug-likeness (QED) is 0.155. The Morgan fingerprint density at radius 1 is 0.583 bits per heavy atom. The van der Waals surface area contributed by atoms with Crippen molar-refractivity contribution >= 4 is 37.8 Å². The second-order valence-corrected chi connectivity index (χ2v) is 26.2. The third-order valence-electron chi connectivity index (χ3n) is 16.2. The zero-order valence-corrected chi connectivity index (χ0v) is 48.3. The number of piperidine rings is 6. The Labute approximate surface area is 444 Å². The fourth-order valence-electron chi connectivity index (χ4n) is 11.4. The van der Waals surface area contributed by atoms with Crippen LogP contribution in [0.1, 0.15) is 180 Å². The average molecular weight is 1030 g/mol. The van der Waals surface area contributed by atoms with E-state index in [0.717, 1.165) is 130 Å². The second-order valence-electron chi connectivity index (χ2n) is 26.2. The molecule has 16 heteroatoms. The molecule has 14 nitrogen and oxygen atoms in total. The standard InChI is InChI=1S/C24H43BN2O4.C18H30N2O2.C14H26N2O2.ClH/c1-21(2,3)29-20(28)27-17-12-24(13-18-27)11-10-16-26(19-24)15-9-8-14-25-30-22(4,5)23(6,7)31-25;1-5-6-11-19-12-7-8-18(15-19)9-13-20(14-10-18)16(21)22-17(2,3)4;1-13(2,3)18-12(17)16-9-6-14(7-10-16)5-4-8-15-11-14;/h8,14H,9-13,15-19H2,1-7H3;1H,6-15H2,2-4H3;15H,4-11H2,1-3H3;1H/b14-8+;;;. The first-order valence-electron chi connectivity index (χ1n) is 27.6. The van der Waals surface area contributed by atoms with Gasteiger partial charge >= 0.3 is 25.4 Å². The largest absolute Gasteiger partial charge is 0.486 e. The van der Waals surface area contributed by atoms with E-state index in [-0.39, 0.29) is 49.0 Å². The lowest BCUT2D eigenvalue weighted by Gasteiger charge is -2.47. The molecule has 3 amide bonds. The van der Waals surface area contributed by atoms with Gasteiger partial charge in [-0.2, -0.15) is 0 Å². The van der Waals surface area contributed by atoms with Crippen molar-refractivity contribution in [1.82, 2.24) is 29.8 Å². The molecule has 7 fully saturated rings. The van der Waals surface area contributed by atoms with Crippen molar-refractivity contribution in [2.45, 2.75) is 208 Å². The summed E-state index contributed by atoms with van der Waals surface area (Å²) in [4.78, 5) is 47.2. The Kier molecular flexibility index (Phi) is 22.2. The summed E-state index contributed by atoms with van der Waals surface area (Å²) in [5.74, 6) is 4.80. The highest BCUT2D eigenvalue weighted by molar-refractivity contribution is 6.51. The number of halogens is 1. The van der Waals surface area contributed by atoms with Gasteiger partial charge in [0.25, 0.3) is 0 Å². The summed E-state index contributed by atoms with van der Waals surface area (Å²) in [7, 11) is -0.255. The van der Waals surface area contributed by atoms with Crippen molar-refractivity contribution in [3.63, 3.8) is 0 Å². The molecular formula is C56H100BClN6O8. The molecule has 7 aliphatic rings. The summed E-state index contributed by atoms with van der Waals surface area (Å²) in [5, 5.41) is 3.49. The maximum atomic E-state index is 12.4. The van der Waals surface area contributed by atoms with E-state index in [1.807, 2.05) is 77.0 Å². The Bertz CT molecular complexity index is 1770. The fourth-order valence-corrected chi connectivity index (χ4v) is 11.4. The molecule has 1 N–H and O–H groups in total. The van der Waals surface area contributed by atoms with Crippen LogP contribution in [0.15, 0.2) is 12.1 Å². The molecule has 7 saturated heterocycles. The lowest BCUT2D eigenvalue weighted by molar-refractivity contribution is -0.00675. The molecule has 7 aliphatic heterocycles. The number of terminal acetylenes is 1. The van der Waals surface area contributed by atoms with Crippen LogP contribution in [0.3, 0.4) is 0 Å². The summed E-state index contributed by atoms with van der Waals surface area (Å²) in [6.45, 7) is 39.5. The minimum atomic E-state index is -0.429. The SMILES string of the molecule is C#CCCN1CCCC2(CCN(C(=O)OC(C)(C)C)CC2)C1.CC(C)(C)OC(=O)N1CCC2(CCCN(CC/C=C/B3OC(C)(C)C(C)(C)O3)C2)CC1.CC(C)(C)OC(=O)N1CCC2(CCCNC2)CC1.Cl. The van der Waals surface area contributed by atoms with Crippen LogP contribution in [0.5, 0.6) is 0 Å². The number of amides is 3. The highest BCUT2D eigenvalue weighted by atomic mass is 35.5. The first kappa shape index (κ1) is 61.8. The number of carbonyl (C=O) groups is 3. The molecule has 3 spiro atoms. The molecule has 7 rings (SSSR count). The predicted molar refractivity (Wildman–Crippen MR) is 292 cm³/mol. The Morgan fingerprint density at radius 2 is 0.958 bits per heavy atom. The number of ether oxygens (including phenoxy) is 3. The summed E-state index contributed by atoms with van der Waals surface area (Å²) in [6.07, 6.45) is 23.1.